The van der Waals surface area contributed by atoms with Gasteiger partial charge in [0.2, 0.25) is 0 Å². The minimum absolute atomic E-state index is 0. The van der Waals surface area contributed by atoms with Crippen molar-refractivity contribution < 1.29 is 13.2 Å². The number of rotatable bonds is 5. The number of nitrogens with one attached hydrogen (secondary N) is 1. The molecule has 0 unspecified atom stereocenters. The summed E-state index contributed by atoms with van der Waals surface area (Å²) in [6.45, 7) is 8.33. The molecule has 1 saturated heterocycles. The predicted molar refractivity (Wildman–Crippen MR) is 117 cm³/mol. The van der Waals surface area contributed by atoms with E-state index >= 15 is 0 Å². The lowest BCUT2D eigenvalue weighted by atomic mass is 10.1. The fourth-order valence-corrected chi connectivity index (χ4v) is 4.28. The molecule has 2 rings (SSSR count). The van der Waals surface area contributed by atoms with E-state index in [0.29, 0.717) is 32.8 Å². The molecule has 0 radical (unpaired) electrons. The minimum atomic E-state index is -3.06. The molecule has 0 amide bonds. The molecule has 1 fully saturated rings. The van der Waals surface area contributed by atoms with Crippen LogP contribution in [0.4, 0.5) is 0 Å². The van der Waals surface area contributed by atoms with Gasteiger partial charge >= 0.3 is 0 Å². The number of ether oxygens (including phenoxy) is 1. The summed E-state index contributed by atoms with van der Waals surface area (Å²) in [6.07, 6.45) is 0. The SMILES string of the molecule is CCOCc1ccccc1CNC(=NC)N1CCS(=O)(=O)C(C)(C)C1.I. The van der Waals surface area contributed by atoms with E-state index in [1.807, 2.05) is 24.0 Å². The molecule has 0 aromatic heterocycles. The van der Waals surface area contributed by atoms with E-state index in [0.717, 1.165) is 17.1 Å². The Bertz CT molecular complexity index is 720. The predicted octanol–water partition coefficient (Wildman–Crippen LogP) is 2.43. The third-order valence-corrected chi connectivity index (χ3v) is 7.10. The monoisotopic (exact) mass is 495 g/mol. The van der Waals surface area contributed by atoms with Gasteiger partial charge in [0.15, 0.2) is 15.8 Å². The van der Waals surface area contributed by atoms with Crippen LogP contribution in [-0.2, 0) is 27.7 Å². The fraction of sp³-hybridized carbons (Fsp3) is 0.611. The van der Waals surface area contributed by atoms with Crippen LogP contribution in [0.15, 0.2) is 29.3 Å². The van der Waals surface area contributed by atoms with E-state index in [4.69, 9.17) is 4.74 Å². The lowest BCUT2D eigenvalue weighted by molar-refractivity contribution is 0.133. The molecule has 1 aliphatic rings. The van der Waals surface area contributed by atoms with Gasteiger partial charge in [-0.15, -0.1) is 24.0 Å². The van der Waals surface area contributed by atoms with Crippen LogP contribution in [0.3, 0.4) is 0 Å². The Morgan fingerprint density at radius 2 is 1.96 bits per heavy atom. The number of hydrogen-bond acceptors (Lipinski definition) is 4. The summed E-state index contributed by atoms with van der Waals surface area (Å²) in [5.74, 6) is 0.885. The Balaban J connectivity index is 0.00000338. The summed E-state index contributed by atoms with van der Waals surface area (Å²) in [6, 6.07) is 8.14. The van der Waals surface area contributed by atoms with Gasteiger partial charge in [-0.3, -0.25) is 4.99 Å². The first kappa shape index (κ1) is 23.2. The van der Waals surface area contributed by atoms with Gasteiger partial charge in [-0.25, -0.2) is 8.42 Å². The Kier molecular flexibility index (Phi) is 8.81. The second-order valence-electron chi connectivity index (χ2n) is 6.81. The molecule has 26 heavy (non-hydrogen) atoms. The third kappa shape index (κ3) is 5.56. The molecule has 1 aliphatic heterocycles. The smallest absolute Gasteiger partial charge is 0.193 e. The molecule has 0 saturated carbocycles. The average Bonchev–Trinajstić information content (AvgIpc) is 2.57. The van der Waals surface area contributed by atoms with Crippen molar-refractivity contribution in [3.8, 4) is 0 Å². The zero-order valence-corrected chi connectivity index (χ0v) is 19.1. The summed E-state index contributed by atoms with van der Waals surface area (Å²) >= 11 is 0. The second kappa shape index (κ2) is 9.89. The number of hydrogen-bond donors (Lipinski definition) is 1. The van der Waals surface area contributed by atoms with Gasteiger partial charge in [0, 0.05) is 33.3 Å². The fourth-order valence-electron chi connectivity index (χ4n) is 2.91. The molecule has 1 aromatic carbocycles. The van der Waals surface area contributed by atoms with Gasteiger partial charge in [0.25, 0.3) is 0 Å². The van der Waals surface area contributed by atoms with Gasteiger partial charge in [0.05, 0.1) is 17.1 Å². The van der Waals surface area contributed by atoms with Crippen molar-refractivity contribution in [2.24, 2.45) is 4.99 Å². The number of guanidine groups is 1. The summed E-state index contributed by atoms with van der Waals surface area (Å²) in [5.41, 5.74) is 2.30. The molecule has 0 bridgehead atoms. The van der Waals surface area contributed by atoms with Gasteiger partial charge < -0.3 is 15.0 Å². The normalized spacial score (nSPS) is 18.9. The van der Waals surface area contributed by atoms with Gasteiger partial charge in [0.1, 0.15) is 0 Å². The van der Waals surface area contributed by atoms with E-state index in [2.05, 4.69) is 22.4 Å². The number of benzene rings is 1. The van der Waals surface area contributed by atoms with Gasteiger partial charge in [-0.05, 0) is 31.9 Å². The third-order valence-electron chi connectivity index (χ3n) is 4.57. The highest BCUT2D eigenvalue weighted by atomic mass is 127. The average molecular weight is 495 g/mol. The lowest BCUT2D eigenvalue weighted by Gasteiger charge is -2.39. The highest BCUT2D eigenvalue weighted by Gasteiger charge is 2.40. The Hall–Kier alpha value is -0.870. The number of halogens is 1. The van der Waals surface area contributed by atoms with Crippen molar-refractivity contribution in [1.29, 1.82) is 0 Å². The lowest BCUT2D eigenvalue weighted by Crippen LogP contribution is -2.57. The largest absolute Gasteiger partial charge is 0.377 e. The highest BCUT2D eigenvalue weighted by molar-refractivity contribution is 14.0. The van der Waals surface area contributed by atoms with E-state index in [1.165, 1.54) is 0 Å². The maximum atomic E-state index is 12.2. The van der Waals surface area contributed by atoms with E-state index < -0.39 is 14.6 Å². The Labute approximate surface area is 174 Å². The van der Waals surface area contributed by atoms with Crippen LogP contribution >= 0.6 is 24.0 Å². The van der Waals surface area contributed by atoms with Crippen LogP contribution in [0.1, 0.15) is 31.9 Å². The molecular weight excluding hydrogens is 465 g/mol. The zero-order chi connectivity index (χ0) is 18.5. The van der Waals surface area contributed by atoms with Crippen LogP contribution in [0.5, 0.6) is 0 Å². The number of aliphatic imine (C=N–C) groups is 1. The Morgan fingerprint density at radius 3 is 2.54 bits per heavy atom. The number of nitrogens with zero attached hydrogens (tertiary/aromatic N) is 2. The van der Waals surface area contributed by atoms with Crippen molar-refractivity contribution in [1.82, 2.24) is 10.2 Å². The van der Waals surface area contributed by atoms with Crippen molar-refractivity contribution >= 4 is 39.8 Å². The first-order chi connectivity index (χ1) is 11.8. The zero-order valence-electron chi connectivity index (χ0n) is 16.0. The van der Waals surface area contributed by atoms with Crippen molar-refractivity contribution in [2.75, 3.05) is 32.5 Å². The molecule has 0 aliphatic carbocycles. The van der Waals surface area contributed by atoms with Crippen LogP contribution in [0.25, 0.3) is 0 Å². The second-order valence-corrected chi connectivity index (χ2v) is 9.55. The maximum Gasteiger partial charge on any atom is 0.193 e. The van der Waals surface area contributed by atoms with Crippen LogP contribution < -0.4 is 5.32 Å². The molecule has 1 N–H and O–H groups in total. The first-order valence-electron chi connectivity index (χ1n) is 8.63. The summed E-state index contributed by atoms with van der Waals surface area (Å²) in [5, 5.41) is 3.36. The molecule has 1 aromatic rings. The first-order valence-corrected chi connectivity index (χ1v) is 10.3. The van der Waals surface area contributed by atoms with E-state index in [1.54, 1.807) is 20.9 Å². The molecule has 0 atom stereocenters. The standard InChI is InChI=1S/C18H29N3O3S.HI/c1-5-24-13-16-9-7-6-8-15(16)12-20-17(19-4)21-10-11-25(22,23)18(2,3)14-21;/h6-9H,5,10-14H2,1-4H3,(H,19,20);1H. The van der Waals surface area contributed by atoms with Crippen molar-refractivity contribution in [3.63, 3.8) is 0 Å². The molecule has 8 heteroatoms. The molecule has 0 spiro atoms. The quantitative estimate of drug-likeness (QED) is 0.386. The van der Waals surface area contributed by atoms with Gasteiger partial charge in [-0.1, -0.05) is 24.3 Å². The van der Waals surface area contributed by atoms with Crippen molar-refractivity contribution in [2.45, 2.75) is 38.7 Å². The summed E-state index contributed by atoms with van der Waals surface area (Å²) in [4.78, 5) is 6.36. The minimum Gasteiger partial charge on any atom is -0.377 e. The topological polar surface area (TPSA) is 71.0 Å². The molecule has 6 nitrogen and oxygen atoms in total. The molecular formula is C18H30IN3O3S. The van der Waals surface area contributed by atoms with E-state index in [-0.39, 0.29) is 29.7 Å². The summed E-state index contributed by atoms with van der Waals surface area (Å²) in [7, 11) is -1.33. The van der Waals surface area contributed by atoms with Crippen LogP contribution in [0, 0.1) is 0 Å². The molecule has 148 valence electrons. The van der Waals surface area contributed by atoms with Crippen molar-refractivity contribution in [3.05, 3.63) is 35.4 Å². The Morgan fingerprint density at radius 1 is 1.31 bits per heavy atom. The van der Waals surface area contributed by atoms with Gasteiger partial charge in [-0.2, -0.15) is 0 Å². The van der Waals surface area contributed by atoms with Crippen LogP contribution in [0.2, 0.25) is 0 Å². The maximum absolute atomic E-state index is 12.2. The molecule has 1 heterocycles. The van der Waals surface area contributed by atoms with Crippen LogP contribution in [-0.4, -0.2) is 56.5 Å². The summed E-state index contributed by atoms with van der Waals surface area (Å²) < 4.78 is 29.1. The van der Waals surface area contributed by atoms with E-state index in [9.17, 15) is 8.42 Å². The number of sulfone groups is 1. The highest BCUT2D eigenvalue weighted by Crippen LogP contribution is 2.23.